The third-order valence-corrected chi connectivity index (χ3v) is 8.70. The van der Waals surface area contributed by atoms with E-state index in [0.717, 1.165) is 72.0 Å². The first kappa shape index (κ1) is 13.4. The maximum absolute atomic E-state index is 9.35. The molecule has 118 valence electrons. The van der Waals surface area contributed by atoms with Gasteiger partial charge in [0.1, 0.15) is 0 Å². The minimum Gasteiger partial charge on any atom is -0.396 e. The monoisotopic (exact) mass is 290 g/mol. The van der Waals surface area contributed by atoms with Crippen molar-refractivity contribution in [3.05, 3.63) is 0 Å². The standard InChI is InChI=1S/C19H30O2/c20-3-1-10-5-14-15(6-10)17-9-16(14)18-12-7-11(2-4-21)13(8-12)19(17)18/h10-21H,1-9H2. The lowest BCUT2D eigenvalue weighted by Gasteiger charge is -2.43. The molecule has 0 saturated heterocycles. The molecule has 2 heteroatoms. The number of aliphatic hydroxyl groups excluding tert-OH is 2. The average molecular weight is 290 g/mol. The van der Waals surface area contributed by atoms with Crippen LogP contribution in [0.2, 0.25) is 0 Å². The van der Waals surface area contributed by atoms with Crippen LogP contribution in [-0.2, 0) is 0 Å². The molecule has 0 aromatic rings. The molecule has 5 saturated carbocycles. The van der Waals surface area contributed by atoms with E-state index in [0.29, 0.717) is 13.2 Å². The van der Waals surface area contributed by atoms with Crippen molar-refractivity contribution in [2.45, 2.75) is 44.9 Å². The van der Waals surface area contributed by atoms with Crippen LogP contribution < -0.4 is 0 Å². The lowest BCUT2D eigenvalue weighted by molar-refractivity contribution is 0.0398. The summed E-state index contributed by atoms with van der Waals surface area (Å²) in [4.78, 5) is 0. The molecule has 2 nitrogen and oxygen atoms in total. The molecule has 0 spiro atoms. The summed E-state index contributed by atoms with van der Waals surface area (Å²) in [6.45, 7) is 0.806. The van der Waals surface area contributed by atoms with Gasteiger partial charge in [0.25, 0.3) is 0 Å². The molecule has 5 rings (SSSR count). The van der Waals surface area contributed by atoms with Gasteiger partial charge in [-0.3, -0.25) is 0 Å². The molecule has 0 aromatic heterocycles. The third-order valence-electron chi connectivity index (χ3n) is 8.70. The maximum atomic E-state index is 9.35. The van der Waals surface area contributed by atoms with E-state index in [1.54, 1.807) is 6.42 Å². The van der Waals surface area contributed by atoms with E-state index in [9.17, 15) is 10.2 Å². The highest BCUT2D eigenvalue weighted by atomic mass is 16.3. The van der Waals surface area contributed by atoms with E-state index in [1.807, 2.05) is 0 Å². The molecule has 21 heavy (non-hydrogen) atoms. The molecule has 0 aliphatic heterocycles. The fraction of sp³-hybridized carbons (Fsp3) is 1.00. The highest BCUT2D eigenvalue weighted by Crippen LogP contribution is 2.74. The smallest absolute Gasteiger partial charge is 0.0433 e. The van der Waals surface area contributed by atoms with Crippen molar-refractivity contribution < 1.29 is 10.2 Å². The molecular formula is C19H30O2. The largest absolute Gasteiger partial charge is 0.396 e. The molecule has 10 unspecified atom stereocenters. The Labute approximate surface area is 128 Å². The normalized spacial score (nSPS) is 59.7. The topological polar surface area (TPSA) is 40.5 Å². The molecule has 5 aliphatic carbocycles. The Balaban J connectivity index is 1.37. The average Bonchev–Trinajstić information content (AvgIpc) is 3.20. The number of aliphatic hydroxyl groups is 2. The van der Waals surface area contributed by atoms with Gasteiger partial charge in [0.15, 0.2) is 0 Å². The van der Waals surface area contributed by atoms with Gasteiger partial charge >= 0.3 is 0 Å². The van der Waals surface area contributed by atoms with Crippen molar-refractivity contribution in [2.75, 3.05) is 13.2 Å². The quantitative estimate of drug-likeness (QED) is 0.782. The highest BCUT2D eigenvalue weighted by molar-refractivity contribution is 5.16. The van der Waals surface area contributed by atoms with Gasteiger partial charge in [0.2, 0.25) is 0 Å². The SMILES string of the molecule is OCCC1CC2C(C1)C1CC2C2C3CC(CCO)C(C3)C12. The van der Waals surface area contributed by atoms with Crippen molar-refractivity contribution in [1.29, 1.82) is 0 Å². The molecule has 2 N–H and O–H groups in total. The molecule has 4 bridgehead atoms. The van der Waals surface area contributed by atoms with Gasteiger partial charge in [-0.2, -0.15) is 0 Å². The van der Waals surface area contributed by atoms with Gasteiger partial charge in [0, 0.05) is 13.2 Å². The molecule has 0 radical (unpaired) electrons. The van der Waals surface area contributed by atoms with E-state index in [-0.39, 0.29) is 0 Å². The Kier molecular flexibility index (Phi) is 3.00. The first-order valence-corrected chi connectivity index (χ1v) is 9.53. The first-order chi connectivity index (χ1) is 10.3. The van der Waals surface area contributed by atoms with Crippen LogP contribution in [0.3, 0.4) is 0 Å². The summed E-state index contributed by atoms with van der Waals surface area (Å²) in [6.07, 6.45) is 9.49. The summed E-state index contributed by atoms with van der Waals surface area (Å²) in [5, 5.41) is 18.6. The van der Waals surface area contributed by atoms with Crippen LogP contribution in [0.25, 0.3) is 0 Å². The third kappa shape index (κ3) is 1.67. The maximum Gasteiger partial charge on any atom is 0.0433 e. The Hall–Kier alpha value is -0.0800. The van der Waals surface area contributed by atoms with Crippen LogP contribution in [-0.4, -0.2) is 23.4 Å². The van der Waals surface area contributed by atoms with Crippen LogP contribution in [0, 0.1) is 59.2 Å². The second-order valence-electron chi connectivity index (χ2n) is 9.06. The zero-order valence-corrected chi connectivity index (χ0v) is 13.0. The predicted molar refractivity (Wildman–Crippen MR) is 81.4 cm³/mol. The van der Waals surface area contributed by atoms with Gasteiger partial charge in [-0.05, 0) is 104 Å². The minimum atomic E-state index is 0.399. The van der Waals surface area contributed by atoms with Crippen LogP contribution >= 0.6 is 0 Å². The molecule has 0 aromatic carbocycles. The van der Waals surface area contributed by atoms with Crippen molar-refractivity contribution in [3.63, 3.8) is 0 Å². The van der Waals surface area contributed by atoms with E-state index < -0.39 is 0 Å². The lowest BCUT2D eigenvalue weighted by atomic mass is 9.62. The van der Waals surface area contributed by atoms with Crippen LogP contribution in [0.1, 0.15) is 44.9 Å². The summed E-state index contributed by atoms with van der Waals surface area (Å²) >= 11 is 0. The Morgan fingerprint density at radius 3 is 2.05 bits per heavy atom. The molecule has 10 atom stereocenters. The van der Waals surface area contributed by atoms with Crippen molar-refractivity contribution in [1.82, 2.24) is 0 Å². The van der Waals surface area contributed by atoms with Gasteiger partial charge in [-0.15, -0.1) is 0 Å². The molecule has 5 fully saturated rings. The second-order valence-corrected chi connectivity index (χ2v) is 9.06. The van der Waals surface area contributed by atoms with Gasteiger partial charge in [-0.1, -0.05) is 0 Å². The summed E-state index contributed by atoms with van der Waals surface area (Å²) in [5.74, 6) is 9.93. The number of hydrogen-bond donors (Lipinski definition) is 2. The molecule has 5 aliphatic rings. The Bertz CT molecular complexity index is 422. The summed E-state index contributed by atoms with van der Waals surface area (Å²) in [7, 11) is 0. The highest BCUT2D eigenvalue weighted by Gasteiger charge is 2.68. The van der Waals surface area contributed by atoms with Gasteiger partial charge in [-0.25, -0.2) is 0 Å². The minimum absolute atomic E-state index is 0.399. The van der Waals surface area contributed by atoms with E-state index in [1.165, 1.54) is 25.7 Å². The molecule has 0 heterocycles. The van der Waals surface area contributed by atoms with E-state index in [2.05, 4.69) is 0 Å². The van der Waals surface area contributed by atoms with Gasteiger partial charge in [0.05, 0.1) is 0 Å². The van der Waals surface area contributed by atoms with Crippen LogP contribution in [0.5, 0.6) is 0 Å². The number of fused-ring (bicyclic) bond motifs is 12. The fourth-order valence-corrected chi connectivity index (χ4v) is 8.49. The zero-order valence-electron chi connectivity index (χ0n) is 13.0. The van der Waals surface area contributed by atoms with Crippen molar-refractivity contribution >= 4 is 0 Å². The summed E-state index contributed by atoms with van der Waals surface area (Å²) < 4.78 is 0. The summed E-state index contributed by atoms with van der Waals surface area (Å²) in [5.41, 5.74) is 0. The summed E-state index contributed by atoms with van der Waals surface area (Å²) in [6, 6.07) is 0. The Morgan fingerprint density at radius 2 is 1.33 bits per heavy atom. The van der Waals surface area contributed by atoms with E-state index in [4.69, 9.17) is 0 Å². The predicted octanol–water partition coefficient (Wildman–Crippen LogP) is 2.93. The van der Waals surface area contributed by atoms with Gasteiger partial charge < -0.3 is 10.2 Å². The van der Waals surface area contributed by atoms with Crippen molar-refractivity contribution in [2.24, 2.45) is 59.2 Å². The van der Waals surface area contributed by atoms with Crippen LogP contribution in [0.4, 0.5) is 0 Å². The zero-order chi connectivity index (χ0) is 14.1. The second kappa shape index (κ2) is 4.71. The fourth-order valence-electron chi connectivity index (χ4n) is 8.49. The molecule has 0 amide bonds. The number of rotatable bonds is 4. The Morgan fingerprint density at radius 1 is 0.619 bits per heavy atom. The number of hydrogen-bond acceptors (Lipinski definition) is 2. The van der Waals surface area contributed by atoms with E-state index >= 15 is 0 Å². The molecular weight excluding hydrogens is 260 g/mol. The first-order valence-electron chi connectivity index (χ1n) is 9.53. The van der Waals surface area contributed by atoms with Crippen LogP contribution in [0.15, 0.2) is 0 Å². The lowest BCUT2D eigenvalue weighted by Crippen LogP contribution is -2.38. The van der Waals surface area contributed by atoms with Crippen molar-refractivity contribution in [3.8, 4) is 0 Å².